The molecule has 0 spiro atoms. The number of hydrogen-bond acceptors (Lipinski definition) is 6. The van der Waals surface area contributed by atoms with Gasteiger partial charge in [-0.2, -0.15) is 0 Å². The van der Waals surface area contributed by atoms with E-state index in [4.69, 9.17) is 44.3 Å². The van der Waals surface area contributed by atoms with Crippen LogP contribution in [0, 0.1) is 39.9 Å². The van der Waals surface area contributed by atoms with E-state index in [1.807, 2.05) is 6.08 Å². The zero-order valence-electron chi connectivity index (χ0n) is 22.1. The molecule has 0 aromatic carbocycles. The third-order valence-corrected chi connectivity index (χ3v) is 10.9. The number of Topliss-reactive ketones (excluding diaryl/α,β-unsaturated/α-hetero) is 1. The molecular formula is C28H37Cl3O7. The summed E-state index contributed by atoms with van der Waals surface area (Å²) in [7, 11) is 0. The van der Waals surface area contributed by atoms with Crippen LogP contribution in [0.1, 0.15) is 78.6 Å². The number of hydrogen-bond donors (Lipinski definition) is 1. The molecule has 0 heterocycles. The van der Waals surface area contributed by atoms with Gasteiger partial charge in [0.05, 0.1) is 0 Å². The summed E-state index contributed by atoms with van der Waals surface area (Å²) in [6, 6.07) is 0. The van der Waals surface area contributed by atoms with Crippen molar-refractivity contribution in [2.24, 2.45) is 39.9 Å². The van der Waals surface area contributed by atoms with Gasteiger partial charge in [0.2, 0.25) is 3.79 Å². The van der Waals surface area contributed by atoms with Crippen molar-refractivity contribution in [2.45, 2.75) is 88.5 Å². The Balaban J connectivity index is 1.72. The molecule has 8 atom stereocenters. The van der Waals surface area contributed by atoms with Crippen molar-refractivity contribution in [3.63, 3.8) is 0 Å². The minimum atomic E-state index is -1.78. The zero-order valence-corrected chi connectivity index (χ0v) is 24.4. The Morgan fingerprint density at radius 2 is 1.87 bits per heavy atom. The van der Waals surface area contributed by atoms with Gasteiger partial charge < -0.3 is 14.6 Å². The Morgan fingerprint density at radius 3 is 2.50 bits per heavy atom. The number of ketones is 2. The number of carboxylic acid groups (broad SMARTS) is 1. The molecule has 4 aliphatic rings. The highest BCUT2D eigenvalue weighted by Gasteiger charge is 2.68. The lowest BCUT2D eigenvalue weighted by Gasteiger charge is -2.62. The van der Waals surface area contributed by atoms with Crippen molar-refractivity contribution in [3.05, 3.63) is 12.2 Å². The fourth-order valence-electron chi connectivity index (χ4n) is 8.96. The van der Waals surface area contributed by atoms with Gasteiger partial charge in [0.15, 0.2) is 5.78 Å². The maximum absolute atomic E-state index is 13.4. The highest BCUT2D eigenvalue weighted by atomic mass is 35.6. The number of carboxylic acids is 1. The van der Waals surface area contributed by atoms with Crippen LogP contribution >= 0.6 is 34.8 Å². The summed E-state index contributed by atoms with van der Waals surface area (Å²) in [5, 5.41) is 9.25. The molecule has 0 amide bonds. The van der Waals surface area contributed by atoms with E-state index in [-0.39, 0.29) is 47.1 Å². The van der Waals surface area contributed by atoms with Gasteiger partial charge in [-0.1, -0.05) is 54.7 Å². The summed E-state index contributed by atoms with van der Waals surface area (Å²) in [4.78, 5) is 49.8. The highest BCUT2D eigenvalue weighted by molar-refractivity contribution is 6.67. The van der Waals surface area contributed by atoms with E-state index in [1.165, 1.54) is 0 Å². The standard InChI is InChI=1S/C28H37Cl3O7/c1-16(32)27(10-4-5-22(34)35)12-9-20-19-7-6-17-13-18(33)8-11-25(17,2)23(19)21(14-26(20,27)3)38-24(36)37-15-28(29,30)31/h8,11,17,19-21,23H,4-7,9-10,12-15H2,1-3H3,(H,34,35)/t17?,19-,20-,21?,23+,25-,26-,27+/m0/s1. The van der Waals surface area contributed by atoms with Crippen LogP contribution in [-0.2, 0) is 23.9 Å². The monoisotopic (exact) mass is 590 g/mol. The van der Waals surface area contributed by atoms with Crippen molar-refractivity contribution in [1.29, 1.82) is 0 Å². The summed E-state index contributed by atoms with van der Waals surface area (Å²) in [5.41, 5.74) is -1.55. The molecule has 0 bridgehead atoms. The van der Waals surface area contributed by atoms with Crippen LogP contribution in [-0.4, -0.2) is 45.3 Å². The van der Waals surface area contributed by atoms with E-state index in [9.17, 15) is 24.3 Å². The van der Waals surface area contributed by atoms with Crippen molar-refractivity contribution >= 4 is 58.5 Å². The first-order valence-corrected chi connectivity index (χ1v) is 14.6. The van der Waals surface area contributed by atoms with E-state index < -0.39 is 39.5 Å². The number of halogens is 3. The molecule has 0 saturated heterocycles. The van der Waals surface area contributed by atoms with Gasteiger partial charge in [0.25, 0.3) is 0 Å². The number of rotatable bonds is 7. The van der Waals surface area contributed by atoms with Crippen LogP contribution in [0.2, 0.25) is 0 Å². The van der Waals surface area contributed by atoms with Gasteiger partial charge in [0, 0.05) is 24.2 Å². The highest BCUT2D eigenvalue weighted by Crippen LogP contribution is 2.71. The van der Waals surface area contributed by atoms with Crippen molar-refractivity contribution in [3.8, 4) is 0 Å². The van der Waals surface area contributed by atoms with E-state index in [0.717, 1.165) is 19.3 Å². The van der Waals surface area contributed by atoms with Crippen molar-refractivity contribution < 1.29 is 33.8 Å². The molecule has 212 valence electrons. The zero-order chi connectivity index (χ0) is 28.1. The fraction of sp³-hybridized carbons (Fsp3) is 0.786. The average molecular weight is 592 g/mol. The van der Waals surface area contributed by atoms with E-state index >= 15 is 0 Å². The van der Waals surface area contributed by atoms with Gasteiger partial charge in [-0.25, -0.2) is 4.79 Å². The second-order valence-electron chi connectivity index (χ2n) is 12.3. The third-order valence-electron chi connectivity index (χ3n) is 10.6. The summed E-state index contributed by atoms with van der Waals surface area (Å²) >= 11 is 17.3. The largest absolute Gasteiger partial charge is 0.508 e. The van der Waals surface area contributed by atoms with Gasteiger partial charge in [-0.15, -0.1) is 0 Å². The van der Waals surface area contributed by atoms with Crippen LogP contribution < -0.4 is 0 Å². The van der Waals surface area contributed by atoms with Gasteiger partial charge in [0.1, 0.15) is 18.5 Å². The van der Waals surface area contributed by atoms with Crippen molar-refractivity contribution in [2.75, 3.05) is 6.61 Å². The molecule has 1 N–H and O–H groups in total. The van der Waals surface area contributed by atoms with E-state index in [2.05, 4.69) is 13.8 Å². The van der Waals surface area contributed by atoms with Gasteiger partial charge in [-0.3, -0.25) is 14.4 Å². The molecule has 38 heavy (non-hydrogen) atoms. The number of carbonyl (C=O) groups is 4. The Hall–Kier alpha value is -1.31. The van der Waals surface area contributed by atoms with Crippen LogP contribution in [0.5, 0.6) is 0 Å². The molecule has 0 aliphatic heterocycles. The number of fused-ring (bicyclic) bond motifs is 5. The molecule has 2 unspecified atom stereocenters. The molecule has 3 fully saturated rings. The summed E-state index contributed by atoms with van der Waals surface area (Å²) in [5.74, 6) is -0.251. The first-order chi connectivity index (χ1) is 17.6. The van der Waals surface area contributed by atoms with E-state index in [0.29, 0.717) is 32.1 Å². The van der Waals surface area contributed by atoms with Crippen LogP contribution in [0.4, 0.5) is 4.79 Å². The minimum absolute atomic E-state index is 0.00366. The number of ether oxygens (including phenoxy) is 2. The second kappa shape index (κ2) is 10.6. The maximum atomic E-state index is 13.4. The first-order valence-electron chi connectivity index (χ1n) is 13.5. The minimum Gasteiger partial charge on any atom is -0.481 e. The fourth-order valence-corrected chi connectivity index (χ4v) is 9.12. The first kappa shape index (κ1) is 29.7. The lowest BCUT2D eigenvalue weighted by molar-refractivity contribution is -0.175. The lowest BCUT2D eigenvalue weighted by Crippen LogP contribution is -2.61. The third kappa shape index (κ3) is 5.24. The molecule has 7 nitrogen and oxygen atoms in total. The summed E-state index contributed by atoms with van der Waals surface area (Å²) < 4.78 is 9.39. The average Bonchev–Trinajstić information content (AvgIpc) is 3.10. The molecule has 10 heteroatoms. The van der Waals surface area contributed by atoms with Gasteiger partial charge >= 0.3 is 12.1 Å². The van der Waals surface area contributed by atoms with Crippen LogP contribution in [0.3, 0.4) is 0 Å². The molecule has 0 aromatic heterocycles. The number of carbonyl (C=O) groups excluding carboxylic acids is 3. The Labute approximate surface area is 238 Å². The Bertz CT molecular complexity index is 1020. The molecule has 4 rings (SSSR count). The summed E-state index contributed by atoms with van der Waals surface area (Å²) in [6.07, 6.45) is 7.27. The second-order valence-corrected chi connectivity index (χ2v) is 14.8. The Morgan fingerprint density at radius 1 is 1.16 bits per heavy atom. The van der Waals surface area contributed by atoms with Crippen LogP contribution in [0.25, 0.3) is 0 Å². The predicted molar refractivity (Wildman–Crippen MR) is 143 cm³/mol. The van der Waals surface area contributed by atoms with Crippen LogP contribution in [0.15, 0.2) is 12.2 Å². The molecular weight excluding hydrogens is 555 g/mol. The number of aliphatic carboxylic acids is 1. The maximum Gasteiger partial charge on any atom is 0.508 e. The number of allylic oxidation sites excluding steroid dienone is 2. The molecule has 4 aliphatic carbocycles. The molecule has 0 radical (unpaired) electrons. The predicted octanol–water partition coefficient (Wildman–Crippen LogP) is 6.71. The number of alkyl halides is 3. The van der Waals surface area contributed by atoms with E-state index in [1.54, 1.807) is 13.0 Å². The lowest BCUT2D eigenvalue weighted by atomic mass is 9.43. The topological polar surface area (TPSA) is 107 Å². The van der Waals surface area contributed by atoms with Gasteiger partial charge in [-0.05, 0) is 86.5 Å². The molecule has 3 saturated carbocycles. The molecule has 0 aromatic rings. The Kier molecular flexibility index (Phi) is 8.27. The quantitative estimate of drug-likeness (QED) is 0.259. The van der Waals surface area contributed by atoms with Crippen molar-refractivity contribution in [1.82, 2.24) is 0 Å². The SMILES string of the molecule is CC(=O)[C@@]1(CCCC(=O)O)CC[C@H]2[C@@H]3CCC4CC(=O)C=C[C@]4(C)[C@H]3C(OC(=O)OCC(Cl)(Cl)Cl)C[C@@]21C. The smallest absolute Gasteiger partial charge is 0.481 e. The summed E-state index contributed by atoms with van der Waals surface area (Å²) in [6.45, 7) is 5.43. The normalized spacial score (nSPS) is 40.1.